The summed E-state index contributed by atoms with van der Waals surface area (Å²) < 4.78 is 37.3. The highest BCUT2D eigenvalue weighted by Crippen LogP contribution is 2.36. The number of alkyl halides is 2. The van der Waals surface area contributed by atoms with Crippen molar-refractivity contribution in [1.29, 1.82) is 0 Å². The molecule has 19 heteroatoms. The van der Waals surface area contributed by atoms with Gasteiger partial charge >= 0.3 is 0 Å². The Hall–Kier alpha value is -6.60. The lowest BCUT2D eigenvalue weighted by Crippen LogP contribution is -2.54. The van der Waals surface area contributed by atoms with Crippen LogP contribution in [0.3, 0.4) is 0 Å². The number of fused-ring (bicyclic) bond motifs is 4. The molecule has 3 saturated heterocycles. The van der Waals surface area contributed by atoms with Crippen molar-refractivity contribution in [1.82, 2.24) is 39.9 Å². The number of imide groups is 2. The molecule has 5 aromatic rings. The molecule has 5 aliphatic rings. The summed E-state index contributed by atoms with van der Waals surface area (Å²) in [6.45, 7) is 3.37. The Balaban J connectivity index is 0.683. The quantitative estimate of drug-likeness (QED) is 0.113. The Bertz CT molecular complexity index is 2640. The van der Waals surface area contributed by atoms with Crippen LogP contribution in [0.15, 0.2) is 67.1 Å². The normalized spacial score (nSPS) is 23.1. The number of carbonyl (C=O) groups excluding carboxylic acids is 5. The molecular formula is C45H47F2N11O6. The maximum absolute atomic E-state index is 14.3. The largest absolute Gasteiger partial charge is 0.384 e. The van der Waals surface area contributed by atoms with Gasteiger partial charge in [0, 0.05) is 44.1 Å². The molecule has 0 spiro atoms. The van der Waals surface area contributed by atoms with Gasteiger partial charge in [0.2, 0.25) is 11.8 Å². The van der Waals surface area contributed by atoms with E-state index in [1.165, 1.54) is 16.9 Å². The van der Waals surface area contributed by atoms with Gasteiger partial charge in [-0.1, -0.05) is 30.3 Å². The van der Waals surface area contributed by atoms with Gasteiger partial charge in [-0.25, -0.2) is 18.3 Å². The Labute approximate surface area is 365 Å². The molecule has 5 amide bonds. The standard InChI is InChI=1S/C45H47F2N11O6/c46-40(47)39-34(51-42(60)32-21-50-56-17-15-36(52-41(32)56)55-22-30-18-29(55)24-64-30)23-57(54-39)28-10-8-27(9-11-28)20-48-19-26-6-4-25(5-7-26)14-16-49-33-3-1-2-31-38(33)45(63)58(44(31)62)35-12-13-37(59)53-43(35)61/h1-7,15,17,21,23,27-30,35,40,48-49H,8-14,16,18-20,22,24H2,(H,51,60)(H,53,59,61)/t27?,28?,29-,30-,35?/m1/s1. The van der Waals surface area contributed by atoms with E-state index in [1.54, 1.807) is 29.1 Å². The highest BCUT2D eigenvalue weighted by molar-refractivity contribution is 6.25. The summed E-state index contributed by atoms with van der Waals surface area (Å²) in [7, 11) is 0. The van der Waals surface area contributed by atoms with E-state index in [0.29, 0.717) is 43.4 Å². The molecule has 3 atom stereocenters. The van der Waals surface area contributed by atoms with Crippen LogP contribution in [0.1, 0.15) is 105 Å². The number of ether oxygens (including phenoxy) is 1. The van der Waals surface area contributed by atoms with Gasteiger partial charge < -0.3 is 25.6 Å². The van der Waals surface area contributed by atoms with Gasteiger partial charge in [0.1, 0.15) is 17.4 Å². The van der Waals surface area contributed by atoms with E-state index in [1.807, 2.05) is 6.07 Å². The maximum atomic E-state index is 14.3. The van der Waals surface area contributed by atoms with E-state index in [0.717, 1.165) is 67.0 Å². The summed E-state index contributed by atoms with van der Waals surface area (Å²) in [5.74, 6) is -1.59. The van der Waals surface area contributed by atoms with Gasteiger partial charge in [-0.05, 0) is 86.7 Å². The van der Waals surface area contributed by atoms with E-state index in [4.69, 9.17) is 9.72 Å². The molecular weight excluding hydrogens is 829 g/mol. The van der Waals surface area contributed by atoms with Gasteiger partial charge in [0.05, 0.1) is 47.8 Å². The van der Waals surface area contributed by atoms with Crippen molar-refractivity contribution in [3.8, 4) is 0 Å². The molecule has 2 bridgehead atoms. The molecule has 3 aromatic heterocycles. The van der Waals surface area contributed by atoms with Gasteiger partial charge in [-0.2, -0.15) is 10.2 Å². The fourth-order valence-corrected chi connectivity index (χ4v) is 9.76. The number of nitrogens with one attached hydrogen (secondary N) is 4. The van der Waals surface area contributed by atoms with Crippen molar-refractivity contribution >= 4 is 52.4 Å². The molecule has 64 heavy (non-hydrogen) atoms. The van der Waals surface area contributed by atoms with Crippen molar-refractivity contribution in [2.75, 3.05) is 41.8 Å². The van der Waals surface area contributed by atoms with Crippen LogP contribution in [0, 0.1) is 5.92 Å². The average molecular weight is 876 g/mol. The third kappa shape index (κ3) is 7.97. The predicted molar refractivity (Wildman–Crippen MR) is 228 cm³/mol. The molecule has 10 rings (SSSR count). The first-order valence-electron chi connectivity index (χ1n) is 21.9. The fourth-order valence-electron chi connectivity index (χ4n) is 9.76. The second-order valence-electron chi connectivity index (χ2n) is 17.2. The van der Waals surface area contributed by atoms with Crippen molar-refractivity contribution in [3.05, 3.63) is 101 Å². The maximum Gasteiger partial charge on any atom is 0.284 e. The van der Waals surface area contributed by atoms with Crippen LogP contribution < -0.4 is 26.2 Å². The summed E-state index contributed by atoms with van der Waals surface area (Å²) in [4.78, 5) is 72.0. The Morgan fingerprint density at radius 1 is 0.938 bits per heavy atom. The number of halogens is 2. The number of aromatic nitrogens is 5. The average Bonchev–Trinajstić information content (AvgIpc) is 4.15. The first kappa shape index (κ1) is 41.4. The molecule has 1 saturated carbocycles. The molecule has 332 valence electrons. The Kier molecular flexibility index (Phi) is 11.1. The predicted octanol–water partition coefficient (Wildman–Crippen LogP) is 4.67. The number of benzene rings is 2. The number of carbonyl (C=O) groups is 5. The van der Waals surface area contributed by atoms with Crippen molar-refractivity contribution in [2.24, 2.45) is 5.92 Å². The van der Waals surface area contributed by atoms with Crippen LogP contribution in [-0.4, -0.2) is 103 Å². The summed E-state index contributed by atoms with van der Waals surface area (Å²) in [5.41, 5.74) is 3.24. The van der Waals surface area contributed by atoms with Crippen molar-refractivity contribution < 1.29 is 37.5 Å². The fraction of sp³-hybridized carbons (Fsp3) is 0.422. The van der Waals surface area contributed by atoms with Crippen LogP contribution in [-0.2, 0) is 27.3 Å². The number of amides is 5. The van der Waals surface area contributed by atoms with E-state index < -0.39 is 47.7 Å². The smallest absolute Gasteiger partial charge is 0.284 e. The lowest BCUT2D eigenvalue weighted by atomic mass is 9.86. The number of hydrogen-bond acceptors (Lipinski definition) is 12. The molecule has 17 nitrogen and oxygen atoms in total. The lowest BCUT2D eigenvalue weighted by molar-refractivity contribution is -0.136. The second kappa shape index (κ2) is 17.2. The number of piperidine rings is 1. The molecule has 1 aliphatic carbocycles. The molecule has 4 aliphatic heterocycles. The summed E-state index contributed by atoms with van der Waals surface area (Å²) in [5, 5.41) is 20.3. The number of nitrogens with zero attached hydrogens (tertiary/aromatic N) is 7. The van der Waals surface area contributed by atoms with E-state index in [9.17, 15) is 32.8 Å². The highest BCUT2D eigenvalue weighted by Gasteiger charge is 2.46. The minimum absolute atomic E-state index is 0.0239. The van der Waals surface area contributed by atoms with Gasteiger partial charge in [-0.3, -0.25) is 38.9 Å². The lowest BCUT2D eigenvalue weighted by Gasteiger charge is -2.29. The zero-order valence-electron chi connectivity index (χ0n) is 34.8. The molecule has 2 aromatic carbocycles. The van der Waals surface area contributed by atoms with Crippen LogP contribution >= 0.6 is 0 Å². The van der Waals surface area contributed by atoms with Gasteiger partial charge in [0.25, 0.3) is 24.1 Å². The van der Waals surface area contributed by atoms with Crippen molar-refractivity contribution in [2.45, 2.75) is 88.6 Å². The SMILES string of the molecule is O=C1CCC(N2C(=O)c3cccc(NCCc4ccc(CNCC5CCC(n6cc(NC(=O)c7cnn8ccc(N9C[C@H]%10C[C@@H]9CO%10)nc78)c(C(F)F)n6)CC5)cc4)c3C2=O)C(=O)N1. The van der Waals surface area contributed by atoms with Crippen LogP contribution in [0.2, 0.25) is 0 Å². The van der Waals surface area contributed by atoms with Crippen LogP contribution in [0.5, 0.6) is 0 Å². The minimum Gasteiger partial charge on any atom is -0.384 e. The van der Waals surface area contributed by atoms with E-state index in [2.05, 4.69) is 60.6 Å². The zero-order chi connectivity index (χ0) is 44.1. The summed E-state index contributed by atoms with van der Waals surface area (Å²) >= 11 is 0. The van der Waals surface area contributed by atoms with Gasteiger partial charge in [0.15, 0.2) is 11.3 Å². The molecule has 0 radical (unpaired) electrons. The Morgan fingerprint density at radius 2 is 1.75 bits per heavy atom. The van der Waals surface area contributed by atoms with Crippen LogP contribution in [0.25, 0.3) is 5.65 Å². The van der Waals surface area contributed by atoms with Crippen molar-refractivity contribution in [3.63, 3.8) is 0 Å². The van der Waals surface area contributed by atoms with Gasteiger partial charge in [-0.15, -0.1) is 0 Å². The number of morpholine rings is 1. The van der Waals surface area contributed by atoms with E-state index in [-0.39, 0.29) is 53.4 Å². The van der Waals surface area contributed by atoms with Crippen LogP contribution in [0.4, 0.5) is 26.0 Å². The first-order chi connectivity index (χ1) is 31.1. The number of anilines is 3. The number of hydrogen-bond donors (Lipinski definition) is 4. The third-order valence-corrected chi connectivity index (χ3v) is 13.2. The zero-order valence-corrected chi connectivity index (χ0v) is 34.8. The topological polar surface area (TPSA) is 197 Å². The second-order valence-corrected chi connectivity index (χ2v) is 17.2. The monoisotopic (exact) mass is 875 g/mol. The molecule has 7 heterocycles. The minimum atomic E-state index is -2.87. The summed E-state index contributed by atoms with van der Waals surface area (Å²) in [6, 6.07) is 14.3. The molecule has 1 unspecified atom stereocenters. The van der Waals surface area contributed by atoms with E-state index >= 15 is 0 Å². The molecule has 4 N–H and O–H groups in total. The Morgan fingerprint density at radius 3 is 2.50 bits per heavy atom. The highest BCUT2D eigenvalue weighted by atomic mass is 19.3. The molecule has 4 fully saturated rings. The number of rotatable bonds is 14. The first-order valence-corrected chi connectivity index (χ1v) is 21.9. The third-order valence-electron chi connectivity index (χ3n) is 13.2. The summed E-state index contributed by atoms with van der Waals surface area (Å²) in [6.07, 6.45) is 7.06.